The molecule has 4 rings (SSSR count). The van der Waals surface area contributed by atoms with E-state index in [2.05, 4.69) is 31.0 Å². The third-order valence-corrected chi connectivity index (χ3v) is 4.18. The first-order valence-corrected chi connectivity index (χ1v) is 8.57. The summed E-state index contributed by atoms with van der Waals surface area (Å²) in [5, 5.41) is 21.6. The van der Waals surface area contributed by atoms with Crippen molar-refractivity contribution < 1.29 is 4.79 Å². The van der Waals surface area contributed by atoms with E-state index in [-0.39, 0.29) is 6.03 Å². The van der Waals surface area contributed by atoms with Crippen molar-refractivity contribution in [3.8, 4) is 22.8 Å². The number of aromatic nitrogens is 6. The second kappa shape index (κ2) is 7.31. The van der Waals surface area contributed by atoms with Gasteiger partial charge in [-0.3, -0.25) is 0 Å². The Morgan fingerprint density at radius 2 is 1.25 bits per heavy atom. The zero-order valence-electron chi connectivity index (χ0n) is 15.4. The van der Waals surface area contributed by atoms with Gasteiger partial charge in [0, 0.05) is 36.6 Å². The van der Waals surface area contributed by atoms with E-state index in [0.717, 1.165) is 22.8 Å². The Kier molecular flexibility index (Phi) is 4.55. The third-order valence-electron chi connectivity index (χ3n) is 4.18. The lowest BCUT2D eigenvalue weighted by Crippen LogP contribution is -2.19. The van der Waals surface area contributed by atoms with Crippen LogP contribution in [0.3, 0.4) is 0 Å². The SMILES string of the molecule is Cn1cnnc1-c1cccc(NC(=O)Nc2cccc(-c3nncn3C)c2)c1. The Bertz CT molecular complexity index is 1040. The predicted molar refractivity (Wildman–Crippen MR) is 106 cm³/mol. The van der Waals surface area contributed by atoms with Crippen LogP contribution in [0.2, 0.25) is 0 Å². The second-order valence-corrected chi connectivity index (χ2v) is 6.27. The molecule has 9 nitrogen and oxygen atoms in total. The van der Waals surface area contributed by atoms with Crippen molar-refractivity contribution in [3.05, 3.63) is 61.2 Å². The first-order valence-electron chi connectivity index (χ1n) is 8.57. The Hall–Kier alpha value is -4.01. The fourth-order valence-electron chi connectivity index (χ4n) is 2.85. The molecular formula is C19H18N8O. The molecule has 2 aromatic heterocycles. The van der Waals surface area contributed by atoms with Crippen molar-refractivity contribution >= 4 is 17.4 Å². The summed E-state index contributed by atoms with van der Waals surface area (Å²) in [5.74, 6) is 1.45. The molecular weight excluding hydrogens is 356 g/mol. The third kappa shape index (κ3) is 3.58. The summed E-state index contributed by atoms with van der Waals surface area (Å²) in [6.07, 6.45) is 3.26. The van der Waals surface area contributed by atoms with E-state index in [0.29, 0.717) is 11.4 Å². The molecule has 0 atom stereocenters. The van der Waals surface area contributed by atoms with Gasteiger partial charge < -0.3 is 19.8 Å². The number of benzene rings is 2. The van der Waals surface area contributed by atoms with Gasteiger partial charge in [-0.2, -0.15) is 0 Å². The quantitative estimate of drug-likeness (QED) is 0.572. The average molecular weight is 374 g/mol. The molecule has 0 fully saturated rings. The number of nitrogens with zero attached hydrogens (tertiary/aromatic N) is 6. The van der Waals surface area contributed by atoms with Crippen molar-refractivity contribution in [2.24, 2.45) is 14.1 Å². The number of hydrogen-bond acceptors (Lipinski definition) is 5. The van der Waals surface area contributed by atoms with E-state index in [1.165, 1.54) is 0 Å². The van der Waals surface area contributed by atoms with Crippen LogP contribution >= 0.6 is 0 Å². The van der Waals surface area contributed by atoms with Crippen molar-refractivity contribution in [2.45, 2.75) is 0 Å². The van der Waals surface area contributed by atoms with Crippen LogP contribution in [0.5, 0.6) is 0 Å². The summed E-state index contributed by atoms with van der Waals surface area (Å²) in [6.45, 7) is 0. The molecule has 0 unspecified atom stereocenters. The molecule has 0 radical (unpaired) electrons. The molecule has 28 heavy (non-hydrogen) atoms. The molecule has 140 valence electrons. The molecule has 0 aliphatic rings. The van der Waals surface area contributed by atoms with Gasteiger partial charge in [0.05, 0.1) is 0 Å². The van der Waals surface area contributed by atoms with Gasteiger partial charge in [0.15, 0.2) is 11.6 Å². The van der Waals surface area contributed by atoms with E-state index in [1.54, 1.807) is 12.7 Å². The highest BCUT2D eigenvalue weighted by Crippen LogP contribution is 2.22. The van der Waals surface area contributed by atoms with Crippen LogP contribution in [0.1, 0.15) is 0 Å². The maximum absolute atomic E-state index is 12.4. The molecule has 2 N–H and O–H groups in total. The average Bonchev–Trinajstić information content (AvgIpc) is 3.30. The number of hydrogen-bond donors (Lipinski definition) is 2. The first-order chi connectivity index (χ1) is 13.6. The predicted octanol–water partition coefficient (Wildman–Crippen LogP) is 2.92. The summed E-state index contributed by atoms with van der Waals surface area (Å²) in [6, 6.07) is 14.5. The van der Waals surface area contributed by atoms with Gasteiger partial charge in [-0.15, -0.1) is 20.4 Å². The number of urea groups is 1. The minimum atomic E-state index is -0.342. The molecule has 0 saturated carbocycles. The van der Waals surface area contributed by atoms with Gasteiger partial charge in [0.1, 0.15) is 12.7 Å². The maximum Gasteiger partial charge on any atom is 0.323 e. The molecule has 2 aromatic carbocycles. The summed E-state index contributed by atoms with van der Waals surface area (Å²) in [4.78, 5) is 12.4. The zero-order valence-corrected chi connectivity index (χ0v) is 15.4. The largest absolute Gasteiger partial charge is 0.323 e. The standard InChI is InChI=1S/C19H18N8O/c1-26-11-20-24-17(26)13-5-3-7-15(9-13)22-19(28)23-16-8-4-6-14(10-16)18-25-21-12-27(18)2/h3-12H,1-2H3,(H2,22,23,28). The highest BCUT2D eigenvalue weighted by atomic mass is 16.2. The van der Waals surface area contributed by atoms with Crippen molar-refractivity contribution in [1.29, 1.82) is 0 Å². The highest BCUT2D eigenvalue weighted by molar-refractivity contribution is 6.00. The van der Waals surface area contributed by atoms with Gasteiger partial charge in [0.2, 0.25) is 0 Å². The molecule has 0 aliphatic heterocycles. The molecule has 0 aliphatic carbocycles. The van der Waals surface area contributed by atoms with Gasteiger partial charge in [0.25, 0.3) is 0 Å². The van der Waals surface area contributed by atoms with Crippen molar-refractivity contribution in [3.63, 3.8) is 0 Å². The Morgan fingerprint density at radius 3 is 1.64 bits per heavy atom. The lowest BCUT2D eigenvalue weighted by molar-refractivity contribution is 0.262. The number of nitrogens with one attached hydrogen (secondary N) is 2. The fraction of sp³-hybridized carbons (Fsp3) is 0.105. The zero-order chi connectivity index (χ0) is 19.5. The summed E-state index contributed by atoms with van der Waals surface area (Å²) < 4.78 is 3.63. The number of amides is 2. The summed E-state index contributed by atoms with van der Waals surface area (Å²) in [7, 11) is 3.73. The van der Waals surface area contributed by atoms with E-state index in [4.69, 9.17) is 0 Å². The molecule has 2 heterocycles. The molecule has 2 amide bonds. The van der Waals surface area contributed by atoms with Gasteiger partial charge in [-0.05, 0) is 24.3 Å². The van der Waals surface area contributed by atoms with Crippen LogP contribution in [-0.4, -0.2) is 35.6 Å². The van der Waals surface area contributed by atoms with Crippen molar-refractivity contribution in [2.75, 3.05) is 10.6 Å². The van der Waals surface area contributed by atoms with E-state index in [9.17, 15) is 4.79 Å². The van der Waals surface area contributed by atoms with Crippen LogP contribution in [0.4, 0.5) is 16.2 Å². The van der Waals surface area contributed by atoms with E-state index >= 15 is 0 Å². The first kappa shape index (κ1) is 17.4. The summed E-state index contributed by atoms with van der Waals surface area (Å²) >= 11 is 0. The molecule has 0 spiro atoms. The van der Waals surface area contributed by atoms with Gasteiger partial charge >= 0.3 is 6.03 Å². The highest BCUT2D eigenvalue weighted by Gasteiger charge is 2.09. The van der Waals surface area contributed by atoms with Crippen LogP contribution in [0.25, 0.3) is 22.8 Å². The number of carbonyl (C=O) groups excluding carboxylic acids is 1. The van der Waals surface area contributed by atoms with Gasteiger partial charge in [-0.25, -0.2) is 4.79 Å². The molecule has 4 aromatic rings. The number of aryl methyl sites for hydroxylation is 2. The Morgan fingerprint density at radius 1 is 0.786 bits per heavy atom. The smallest absolute Gasteiger partial charge is 0.317 e. The lowest BCUT2D eigenvalue weighted by atomic mass is 10.2. The monoisotopic (exact) mass is 374 g/mol. The fourth-order valence-corrected chi connectivity index (χ4v) is 2.85. The molecule has 0 saturated heterocycles. The maximum atomic E-state index is 12.4. The minimum Gasteiger partial charge on any atom is -0.317 e. The molecule has 9 heteroatoms. The normalized spacial score (nSPS) is 10.6. The minimum absolute atomic E-state index is 0.342. The van der Waals surface area contributed by atoms with E-state index in [1.807, 2.05) is 71.8 Å². The Labute approximate surface area is 161 Å². The van der Waals surface area contributed by atoms with E-state index < -0.39 is 0 Å². The molecule has 0 bridgehead atoms. The lowest BCUT2D eigenvalue weighted by Gasteiger charge is -2.10. The van der Waals surface area contributed by atoms with Crippen molar-refractivity contribution in [1.82, 2.24) is 29.5 Å². The van der Waals surface area contributed by atoms with Crippen LogP contribution < -0.4 is 10.6 Å². The number of anilines is 2. The Balaban J connectivity index is 1.48. The summed E-state index contributed by atoms with van der Waals surface area (Å²) in [5.41, 5.74) is 3.04. The van der Waals surface area contributed by atoms with Gasteiger partial charge in [-0.1, -0.05) is 24.3 Å². The number of rotatable bonds is 4. The van der Waals surface area contributed by atoms with Crippen LogP contribution in [0.15, 0.2) is 61.2 Å². The number of carbonyl (C=O) groups is 1. The second-order valence-electron chi connectivity index (χ2n) is 6.27. The topological polar surface area (TPSA) is 103 Å². The van der Waals surface area contributed by atoms with Crippen LogP contribution in [-0.2, 0) is 14.1 Å². The van der Waals surface area contributed by atoms with Crippen LogP contribution in [0, 0.1) is 0 Å².